The van der Waals surface area contributed by atoms with E-state index in [4.69, 9.17) is 10.2 Å². The zero-order valence-corrected chi connectivity index (χ0v) is 10.9. The zero-order valence-electron chi connectivity index (χ0n) is 10.9. The molecule has 16 heavy (non-hydrogen) atoms. The van der Waals surface area contributed by atoms with Crippen LogP contribution in [0, 0.1) is 6.92 Å². The van der Waals surface area contributed by atoms with Gasteiger partial charge in [0, 0.05) is 6.04 Å². The summed E-state index contributed by atoms with van der Waals surface area (Å²) in [5.74, 6) is 1.94. The monoisotopic (exact) mass is 224 g/mol. The molecule has 0 aliphatic rings. The number of aryl methyl sites for hydroxylation is 1. The number of likely N-dealkylation sites (N-methyl/N-ethyl adjacent to an activating group) is 1. The largest absolute Gasteiger partial charge is 0.465 e. The summed E-state index contributed by atoms with van der Waals surface area (Å²) in [6.07, 6.45) is 1.14. The third kappa shape index (κ3) is 3.09. The summed E-state index contributed by atoms with van der Waals surface area (Å²) in [6, 6.07) is 4.32. The van der Waals surface area contributed by atoms with Crippen molar-refractivity contribution >= 4 is 0 Å². The second-order valence-corrected chi connectivity index (χ2v) is 4.38. The van der Waals surface area contributed by atoms with E-state index in [0.29, 0.717) is 0 Å². The predicted octanol–water partition coefficient (Wildman–Crippen LogP) is 2.71. The first-order chi connectivity index (χ1) is 7.60. The maximum atomic E-state index is 6.08. The van der Waals surface area contributed by atoms with E-state index in [1.807, 2.05) is 26.0 Å². The normalized spacial score (nSPS) is 15.4. The lowest BCUT2D eigenvalue weighted by Gasteiger charge is -2.31. The topological polar surface area (TPSA) is 42.4 Å². The highest BCUT2D eigenvalue weighted by Crippen LogP contribution is 2.25. The lowest BCUT2D eigenvalue weighted by molar-refractivity contribution is 0.161. The summed E-state index contributed by atoms with van der Waals surface area (Å²) >= 11 is 0. The van der Waals surface area contributed by atoms with E-state index in [2.05, 4.69) is 18.7 Å². The molecule has 0 fully saturated rings. The minimum Gasteiger partial charge on any atom is -0.465 e. The van der Waals surface area contributed by atoms with Crippen LogP contribution in [0.3, 0.4) is 0 Å². The van der Waals surface area contributed by atoms with Gasteiger partial charge < -0.3 is 10.2 Å². The molecule has 1 aromatic rings. The van der Waals surface area contributed by atoms with Crippen LogP contribution in [0.2, 0.25) is 0 Å². The van der Waals surface area contributed by atoms with Crippen molar-refractivity contribution in [3.8, 4) is 0 Å². The molecule has 1 aromatic heterocycles. The van der Waals surface area contributed by atoms with Gasteiger partial charge in [-0.3, -0.25) is 4.90 Å². The van der Waals surface area contributed by atoms with E-state index >= 15 is 0 Å². The molecule has 0 saturated carbocycles. The zero-order chi connectivity index (χ0) is 12.1. The Morgan fingerprint density at radius 3 is 2.44 bits per heavy atom. The molecule has 0 amide bonds. The summed E-state index contributed by atoms with van der Waals surface area (Å²) in [5.41, 5.74) is 6.08. The van der Waals surface area contributed by atoms with Crippen LogP contribution < -0.4 is 5.73 Å². The SMILES string of the molecule is CCCN(CC)C(c1ccc(C)o1)C(C)N. The maximum absolute atomic E-state index is 6.08. The number of furan rings is 1. The molecule has 2 unspecified atom stereocenters. The number of hydrogen-bond acceptors (Lipinski definition) is 3. The van der Waals surface area contributed by atoms with Gasteiger partial charge in [0.25, 0.3) is 0 Å². The van der Waals surface area contributed by atoms with Crippen LogP contribution in [0.25, 0.3) is 0 Å². The molecule has 0 aliphatic heterocycles. The van der Waals surface area contributed by atoms with Gasteiger partial charge in [0.1, 0.15) is 11.5 Å². The molecule has 2 N–H and O–H groups in total. The number of hydrogen-bond donors (Lipinski definition) is 1. The molecule has 3 nitrogen and oxygen atoms in total. The molecule has 1 rings (SSSR count). The van der Waals surface area contributed by atoms with Crippen LogP contribution >= 0.6 is 0 Å². The molecule has 2 atom stereocenters. The van der Waals surface area contributed by atoms with E-state index < -0.39 is 0 Å². The lowest BCUT2D eigenvalue weighted by Crippen LogP contribution is -2.39. The Morgan fingerprint density at radius 2 is 2.06 bits per heavy atom. The fraction of sp³-hybridized carbons (Fsp3) is 0.692. The van der Waals surface area contributed by atoms with Crippen molar-refractivity contribution in [1.82, 2.24) is 4.90 Å². The molecule has 0 radical (unpaired) electrons. The van der Waals surface area contributed by atoms with Gasteiger partial charge in [-0.1, -0.05) is 13.8 Å². The molecule has 0 spiro atoms. The van der Waals surface area contributed by atoms with Gasteiger partial charge in [0.15, 0.2) is 0 Å². The number of nitrogens with zero attached hydrogens (tertiary/aromatic N) is 1. The third-order valence-corrected chi connectivity index (χ3v) is 2.86. The van der Waals surface area contributed by atoms with Crippen molar-refractivity contribution in [3.63, 3.8) is 0 Å². The fourth-order valence-electron chi connectivity index (χ4n) is 2.17. The molecule has 1 heterocycles. The first-order valence-electron chi connectivity index (χ1n) is 6.16. The van der Waals surface area contributed by atoms with E-state index in [1.165, 1.54) is 0 Å². The molecule has 0 bridgehead atoms. The summed E-state index contributed by atoms with van der Waals surface area (Å²) in [4.78, 5) is 2.38. The lowest BCUT2D eigenvalue weighted by atomic mass is 10.1. The Balaban J connectivity index is 2.89. The molecular formula is C13H24N2O. The van der Waals surface area contributed by atoms with Gasteiger partial charge in [-0.05, 0) is 45.5 Å². The maximum Gasteiger partial charge on any atom is 0.122 e. The fourth-order valence-corrected chi connectivity index (χ4v) is 2.17. The second kappa shape index (κ2) is 6.06. The summed E-state index contributed by atoms with van der Waals surface area (Å²) in [5, 5.41) is 0. The Hall–Kier alpha value is -0.800. The first-order valence-corrected chi connectivity index (χ1v) is 6.16. The van der Waals surface area contributed by atoms with Gasteiger partial charge in [0.2, 0.25) is 0 Å². The highest BCUT2D eigenvalue weighted by molar-refractivity contribution is 5.11. The quantitative estimate of drug-likeness (QED) is 0.808. The van der Waals surface area contributed by atoms with Gasteiger partial charge in [-0.15, -0.1) is 0 Å². The molecule has 3 heteroatoms. The minimum absolute atomic E-state index is 0.0806. The molecule has 0 aromatic carbocycles. The van der Waals surface area contributed by atoms with Crippen LogP contribution in [0.4, 0.5) is 0 Å². The highest BCUT2D eigenvalue weighted by atomic mass is 16.3. The standard InChI is InChI=1S/C13H24N2O/c1-5-9-15(6-2)13(11(4)14)12-8-7-10(3)16-12/h7-8,11,13H,5-6,9,14H2,1-4H3. The summed E-state index contributed by atoms with van der Waals surface area (Å²) in [6.45, 7) is 10.4. The molecular weight excluding hydrogens is 200 g/mol. The Labute approximate surface area is 98.6 Å². The Morgan fingerprint density at radius 1 is 1.38 bits per heavy atom. The second-order valence-electron chi connectivity index (χ2n) is 4.38. The Bertz CT molecular complexity index is 307. The van der Waals surface area contributed by atoms with Crippen LogP contribution in [-0.2, 0) is 0 Å². The average molecular weight is 224 g/mol. The van der Waals surface area contributed by atoms with Crippen LogP contribution in [0.5, 0.6) is 0 Å². The van der Waals surface area contributed by atoms with Crippen molar-refractivity contribution in [2.24, 2.45) is 5.73 Å². The third-order valence-electron chi connectivity index (χ3n) is 2.86. The minimum atomic E-state index is 0.0806. The number of rotatable bonds is 6. The predicted molar refractivity (Wildman–Crippen MR) is 67.4 cm³/mol. The molecule has 0 aliphatic carbocycles. The summed E-state index contributed by atoms with van der Waals surface area (Å²) in [7, 11) is 0. The molecule has 0 saturated heterocycles. The van der Waals surface area contributed by atoms with Crippen molar-refractivity contribution in [1.29, 1.82) is 0 Å². The van der Waals surface area contributed by atoms with Crippen LogP contribution in [-0.4, -0.2) is 24.0 Å². The molecule has 92 valence electrons. The van der Waals surface area contributed by atoms with Crippen LogP contribution in [0.15, 0.2) is 16.5 Å². The van der Waals surface area contributed by atoms with E-state index in [-0.39, 0.29) is 12.1 Å². The smallest absolute Gasteiger partial charge is 0.122 e. The van der Waals surface area contributed by atoms with E-state index in [9.17, 15) is 0 Å². The first kappa shape index (κ1) is 13.3. The van der Waals surface area contributed by atoms with Gasteiger partial charge >= 0.3 is 0 Å². The van der Waals surface area contributed by atoms with Crippen molar-refractivity contribution < 1.29 is 4.42 Å². The van der Waals surface area contributed by atoms with Gasteiger partial charge in [0.05, 0.1) is 6.04 Å². The average Bonchev–Trinajstić information content (AvgIpc) is 2.63. The summed E-state index contributed by atoms with van der Waals surface area (Å²) < 4.78 is 5.71. The highest BCUT2D eigenvalue weighted by Gasteiger charge is 2.25. The number of nitrogens with two attached hydrogens (primary N) is 1. The van der Waals surface area contributed by atoms with Crippen molar-refractivity contribution in [3.05, 3.63) is 23.7 Å². The Kier molecular flexibility index (Phi) is 5.03. The van der Waals surface area contributed by atoms with Crippen LogP contribution in [0.1, 0.15) is 44.8 Å². The van der Waals surface area contributed by atoms with Gasteiger partial charge in [-0.25, -0.2) is 0 Å². The van der Waals surface area contributed by atoms with E-state index in [0.717, 1.165) is 31.0 Å². The van der Waals surface area contributed by atoms with Crippen molar-refractivity contribution in [2.75, 3.05) is 13.1 Å². The van der Waals surface area contributed by atoms with E-state index in [1.54, 1.807) is 0 Å². The van der Waals surface area contributed by atoms with Gasteiger partial charge in [-0.2, -0.15) is 0 Å². The van der Waals surface area contributed by atoms with Crippen molar-refractivity contribution in [2.45, 2.75) is 46.2 Å².